The van der Waals surface area contributed by atoms with E-state index < -0.39 is 55.9 Å². The highest BCUT2D eigenvalue weighted by molar-refractivity contribution is 6.81. The van der Waals surface area contributed by atoms with Crippen LogP contribution in [0.25, 0.3) is 0 Å². The topological polar surface area (TPSA) is 71.1 Å². The van der Waals surface area contributed by atoms with E-state index in [0.717, 1.165) is 0 Å². The first-order valence-electron chi connectivity index (χ1n) is 8.88. The van der Waals surface area contributed by atoms with Crippen LogP contribution < -0.4 is 0 Å². The average Bonchev–Trinajstić information content (AvgIpc) is 2.49. The minimum atomic E-state index is -3.46. The van der Waals surface area contributed by atoms with Crippen LogP contribution in [-0.2, 0) is 27.3 Å². The Labute approximate surface area is 168 Å². The summed E-state index contributed by atoms with van der Waals surface area (Å²) in [5, 5.41) is -1.02. The van der Waals surface area contributed by atoms with Gasteiger partial charge in [-0.3, -0.25) is 0 Å². The average molecular weight is 461 g/mol. The fraction of sp³-hybridized carbons (Fsp3) is 0.750. The molecule has 0 aromatic heterocycles. The van der Waals surface area contributed by atoms with Gasteiger partial charge >= 0.3 is 34.0 Å². The third kappa shape index (κ3) is 11.1. The Morgan fingerprint density at radius 3 is 1.75 bits per heavy atom. The number of hydrogen-bond acceptors (Lipinski definition) is 6. The van der Waals surface area contributed by atoms with Crippen LogP contribution in [0.2, 0.25) is 39.3 Å². The van der Waals surface area contributed by atoms with Crippen molar-refractivity contribution in [3.8, 4) is 0 Å². The van der Waals surface area contributed by atoms with Crippen molar-refractivity contribution in [3.05, 3.63) is 12.2 Å². The third-order valence-electron chi connectivity index (χ3n) is 3.24. The van der Waals surface area contributed by atoms with Crippen LogP contribution in [0.15, 0.2) is 12.2 Å². The first-order chi connectivity index (χ1) is 12.5. The monoisotopic (exact) mass is 460 g/mol. The Balaban J connectivity index is 5.27. The smallest absolute Gasteiger partial charge is 0.346 e. The van der Waals surface area contributed by atoms with Crippen molar-refractivity contribution >= 4 is 37.9 Å². The van der Waals surface area contributed by atoms with Crippen molar-refractivity contribution < 1.29 is 40.5 Å². The molecule has 0 rings (SSSR count). The van der Waals surface area contributed by atoms with Gasteiger partial charge in [0.1, 0.15) is 5.22 Å². The van der Waals surface area contributed by atoms with Crippen LogP contribution in [0.1, 0.15) is 20.3 Å². The molecule has 0 aliphatic heterocycles. The van der Waals surface area contributed by atoms with E-state index in [4.69, 9.17) is 13.0 Å². The van der Waals surface area contributed by atoms with Gasteiger partial charge in [0, 0.05) is 12.2 Å². The molecule has 0 spiro atoms. The van der Waals surface area contributed by atoms with Crippen LogP contribution in [0.3, 0.4) is 0 Å². The molecule has 0 fully saturated rings. The van der Waals surface area contributed by atoms with Crippen LogP contribution in [0.5, 0.6) is 0 Å². The second-order valence-corrected chi connectivity index (χ2v) is 20.6. The fourth-order valence-electron chi connectivity index (χ4n) is 1.80. The standard InChI is InChI=1S/C16H31F3O6Si3/c1-9-16(2,26(24-27(3,4)5)25-28(6,7)8)23-13(21)11-10-12(20)22-15(19)14(17)18/h10-11,14-15,26H,9H2,1-8H3. The molecule has 0 aromatic rings. The summed E-state index contributed by atoms with van der Waals surface area (Å²) < 4.78 is 58.6. The van der Waals surface area contributed by atoms with Gasteiger partial charge < -0.3 is 17.7 Å². The molecule has 0 aromatic carbocycles. The Hall–Kier alpha value is -0.959. The zero-order chi connectivity index (χ0) is 22.3. The minimum absolute atomic E-state index is 0.417. The van der Waals surface area contributed by atoms with Crippen LogP contribution >= 0.6 is 0 Å². The molecule has 2 atom stereocenters. The number of ether oxygens (including phenoxy) is 2. The van der Waals surface area contributed by atoms with Gasteiger partial charge in [0.15, 0.2) is 16.6 Å². The van der Waals surface area contributed by atoms with Gasteiger partial charge in [0.25, 0.3) is 0 Å². The molecular formula is C16H31F3O6Si3. The lowest BCUT2D eigenvalue weighted by Crippen LogP contribution is -2.57. The van der Waals surface area contributed by atoms with Gasteiger partial charge in [0.05, 0.1) is 0 Å². The van der Waals surface area contributed by atoms with E-state index in [1.165, 1.54) is 0 Å². The molecule has 0 radical (unpaired) electrons. The van der Waals surface area contributed by atoms with Crippen LogP contribution in [0.4, 0.5) is 13.2 Å². The van der Waals surface area contributed by atoms with Gasteiger partial charge in [-0.1, -0.05) is 6.92 Å². The molecular weight excluding hydrogens is 429 g/mol. The number of alkyl halides is 3. The second-order valence-electron chi connectivity index (χ2n) is 8.34. The highest BCUT2D eigenvalue weighted by atomic mass is 28.4. The van der Waals surface area contributed by atoms with E-state index in [2.05, 4.69) is 4.74 Å². The summed E-state index contributed by atoms with van der Waals surface area (Å²) in [7, 11) is -6.49. The molecule has 0 saturated carbocycles. The maximum absolute atomic E-state index is 12.7. The number of hydrogen-bond donors (Lipinski definition) is 0. The number of carbonyl (C=O) groups is 2. The van der Waals surface area contributed by atoms with Crippen molar-refractivity contribution in [1.82, 2.24) is 0 Å². The predicted molar refractivity (Wildman–Crippen MR) is 107 cm³/mol. The molecule has 0 aliphatic carbocycles. The van der Waals surface area contributed by atoms with E-state index in [-0.39, 0.29) is 0 Å². The predicted octanol–water partition coefficient (Wildman–Crippen LogP) is 3.82. The zero-order valence-corrected chi connectivity index (χ0v) is 20.8. The molecule has 0 N–H and O–H groups in total. The molecule has 0 amide bonds. The van der Waals surface area contributed by atoms with E-state index >= 15 is 0 Å². The Bertz CT molecular complexity index is 547. The number of rotatable bonds is 11. The van der Waals surface area contributed by atoms with E-state index in [9.17, 15) is 22.8 Å². The molecule has 164 valence electrons. The van der Waals surface area contributed by atoms with E-state index in [0.29, 0.717) is 18.6 Å². The van der Waals surface area contributed by atoms with Crippen molar-refractivity contribution in [3.63, 3.8) is 0 Å². The molecule has 0 aliphatic rings. The molecule has 0 bridgehead atoms. The van der Waals surface area contributed by atoms with E-state index in [1.54, 1.807) is 6.92 Å². The summed E-state index contributed by atoms with van der Waals surface area (Å²) in [4.78, 5) is 23.4. The van der Waals surface area contributed by atoms with Crippen molar-refractivity contribution in [2.75, 3.05) is 0 Å². The largest absolute Gasteiger partial charge is 0.455 e. The van der Waals surface area contributed by atoms with Gasteiger partial charge in [0.2, 0.25) is 0 Å². The molecule has 2 unspecified atom stereocenters. The molecule has 12 heteroatoms. The Kier molecular flexibility index (Phi) is 10.3. The van der Waals surface area contributed by atoms with Crippen LogP contribution in [-0.4, -0.2) is 55.9 Å². The summed E-state index contributed by atoms with van der Waals surface area (Å²) in [6, 6.07) is 0. The summed E-state index contributed by atoms with van der Waals surface area (Å²) in [6.07, 6.45) is -4.84. The first kappa shape index (κ1) is 27.0. The fourth-order valence-corrected chi connectivity index (χ4v) is 10.1. The van der Waals surface area contributed by atoms with Crippen LogP contribution in [0, 0.1) is 0 Å². The van der Waals surface area contributed by atoms with Gasteiger partial charge in [-0.2, -0.15) is 4.39 Å². The Morgan fingerprint density at radius 2 is 1.39 bits per heavy atom. The highest BCUT2D eigenvalue weighted by Crippen LogP contribution is 2.26. The summed E-state index contributed by atoms with van der Waals surface area (Å²) in [6.45, 7) is 15.6. The quantitative estimate of drug-likeness (QED) is 0.265. The summed E-state index contributed by atoms with van der Waals surface area (Å²) >= 11 is 0. The highest BCUT2D eigenvalue weighted by Gasteiger charge is 2.45. The number of carbonyl (C=O) groups excluding carboxylic acids is 2. The minimum Gasteiger partial charge on any atom is -0.455 e. The molecule has 6 nitrogen and oxygen atoms in total. The number of esters is 2. The molecule has 0 saturated heterocycles. The lowest BCUT2D eigenvalue weighted by atomic mass is 10.3. The van der Waals surface area contributed by atoms with Crippen molar-refractivity contribution in [1.29, 1.82) is 0 Å². The van der Waals surface area contributed by atoms with Crippen molar-refractivity contribution in [2.45, 2.75) is 77.6 Å². The lowest BCUT2D eigenvalue weighted by molar-refractivity contribution is -0.168. The maximum atomic E-state index is 12.7. The first-order valence-corrected chi connectivity index (χ1v) is 17.2. The lowest BCUT2D eigenvalue weighted by Gasteiger charge is -2.40. The summed E-state index contributed by atoms with van der Waals surface area (Å²) in [5.74, 6) is -2.31. The Morgan fingerprint density at radius 1 is 0.964 bits per heavy atom. The third-order valence-corrected chi connectivity index (χ3v) is 12.1. The van der Waals surface area contributed by atoms with Gasteiger partial charge in [-0.25, -0.2) is 18.4 Å². The normalized spacial score (nSPS) is 16.3. The molecule has 0 heterocycles. The summed E-state index contributed by atoms with van der Waals surface area (Å²) in [5.41, 5.74) is 0. The SMILES string of the molecule is CCC(C)(OC(=O)C=CC(=O)OC(F)C(F)F)[SiH](O[Si](C)(C)C)O[Si](C)(C)C. The maximum Gasteiger partial charge on any atom is 0.346 e. The van der Waals surface area contributed by atoms with Gasteiger partial charge in [-0.05, 0) is 52.6 Å². The zero-order valence-electron chi connectivity index (χ0n) is 17.7. The van der Waals surface area contributed by atoms with E-state index in [1.807, 2.05) is 46.2 Å². The van der Waals surface area contributed by atoms with Crippen molar-refractivity contribution in [2.24, 2.45) is 0 Å². The second kappa shape index (κ2) is 10.7. The molecule has 28 heavy (non-hydrogen) atoms. The van der Waals surface area contributed by atoms with Gasteiger partial charge in [-0.15, -0.1) is 0 Å². The number of halogens is 3.